The average Bonchev–Trinajstić information content (AvgIpc) is 2.24. The van der Waals surface area contributed by atoms with Crippen molar-refractivity contribution in [2.24, 2.45) is 5.73 Å². The number of aliphatic hydroxyl groups excluding tert-OH is 1. The second kappa shape index (κ2) is 10.3. The number of nitrogens with zero attached hydrogens (tertiary/aromatic N) is 2. The van der Waals surface area contributed by atoms with Crippen molar-refractivity contribution < 1.29 is 14.8 Å². The first-order chi connectivity index (χ1) is 7.28. The molecule has 6 heteroatoms. The lowest BCUT2D eigenvalue weighted by Crippen LogP contribution is -2.38. The van der Waals surface area contributed by atoms with E-state index in [4.69, 9.17) is 20.5 Å². The van der Waals surface area contributed by atoms with Gasteiger partial charge in [0.15, 0.2) is 0 Å². The van der Waals surface area contributed by atoms with E-state index in [-0.39, 0.29) is 6.73 Å². The molecule has 0 aliphatic rings. The molecule has 0 aromatic heterocycles. The average molecular weight is 221 g/mol. The molecular formula is C9H23N3O3. The summed E-state index contributed by atoms with van der Waals surface area (Å²) in [4.78, 5) is 12.3. The van der Waals surface area contributed by atoms with Crippen LogP contribution >= 0.6 is 0 Å². The third-order valence-electron chi connectivity index (χ3n) is 1.79. The van der Waals surface area contributed by atoms with Gasteiger partial charge in [0.05, 0.1) is 26.5 Å². The van der Waals surface area contributed by atoms with E-state index >= 15 is 0 Å². The zero-order valence-corrected chi connectivity index (χ0v) is 9.69. The number of hydroxylamine groups is 2. The third kappa shape index (κ3) is 7.66. The molecule has 0 aromatic rings. The van der Waals surface area contributed by atoms with E-state index in [1.165, 1.54) is 5.23 Å². The molecule has 0 atom stereocenters. The minimum Gasteiger partial charge on any atom is -0.381 e. The third-order valence-corrected chi connectivity index (χ3v) is 1.79. The molecule has 3 N–H and O–H groups in total. The van der Waals surface area contributed by atoms with Crippen molar-refractivity contribution in [1.82, 2.24) is 10.1 Å². The van der Waals surface area contributed by atoms with Crippen LogP contribution in [0.15, 0.2) is 0 Å². The molecule has 0 amide bonds. The Balaban J connectivity index is 3.73. The van der Waals surface area contributed by atoms with Gasteiger partial charge in [0.2, 0.25) is 0 Å². The molecule has 0 spiro atoms. The predicted molar refractivity (Wildman–Crippen MR) is 57.7 cm³/mol. The Morgan fingerprint density at radius 2 is 1.67 bits per heavy atom. The Hall–Kier alpha value is -0.240. The molecule has 0 aliphatic heterocycles. The number of nitrogens with two attached hydrogens (primary N) is 1. The van der Waals surface area contributed by atoms with Gasteiger partial charge in [-0.05, 0) is 13.8 Å². The van der Waals surface area contributed by atoms with Crippen molar-refractivity contribution in [1.29, 1.82) is 0 Å². The number of hydrogen-bond donors (Lipinski definition) is 2. The molecule has 0 saturated carbocycles. The Kier molecular flexibility index (Phi) is 10.1. The van der Waals surface area contributed by atoms with Crippen molar-refractivity contribution in [2.75, 3.05) is 46.1 Å². The van der Waals surface area contributed by atoms with Gasteiger partial charge in [-0.25, -0.2) is 0 Å². The molecule has 0 fully saturated rings. The van der Waals surface area contributed by atoms with Gasteiger partial charge >= 0.3 is 0 Å². The Morgan fingerprint density at radius 1 is 1.07 bits per heavy atom. The quantitative estimate of drug-likeness (QED) is 0.379. The van der Waals surface area contributed by atoms with E-state index in [0.29, 0.717) is 39.4 Å². The van der Waals surface area contributed by atoms with Gasteiger partial charge in [-0.2, -0.15) is 0 Å². The molecule has 0 bridgehead atoms. The lowest BCUT2D eigenvalue weighted by molar-refractivity contribution is -0.365. The highest BCUT2D eigenvalue weighted by molar-refractivity contribution is 4.53. The number of rotatable bonds is 10. The highest BCUT2D eigenvalue weighted by Crippen LogP contribution is 1.94. The molecule has 6 nitrogen and oxygen atoms in total. The lowest BCUT2D eigenvalue weighted by Gasteiger charge is -2.24. The molecule has 0 aromatic carbocycles. The lowest BCUT2D eigenvalue weighted by atomic mass is 10.5. The number of hydrogen-bond acceptors (Lipinski definition) is 6. The maximum Gasteiger partial charge on any atom is 0.0957 e. The van der Waals surface area contributed by atoms with Crippen LogP contribution in [0.2, 0.25) is 0 Å². The van der Waals surface area contributed by atoms with Gasteiger partial charge < -0.3 is 10.8 Å². The summed E-state index contributed by atoms with van der Waals surface area (Å²) in [5.74, 6) is 0. The Bertz CT molecular complexity index is 132. The molecule has 0 rings (SSSR count). The molecule has 0 radical (unpaired) electrons. The van der Waals surface area contributed by atoms with E-state index in [9.17, 15) is 0 Å². The standard InChI is InChI=1S/C9H23N3O3/c1-3-14-12(15-4-2)8-7-11(9-13)6-5-10/h13H,3-10H2,1-2H3. The summed E-state index contributed by atoms with van der Waals surface area (Å²) in [5, 5.41) is 10.4. The van der Waals surface area contributed by atoms with Crippen molar-refractivity contribution in [3.05, 3.63) is 0 Å². The van der Waals surface area contributed by atoms with Crippen LogP contribution in [-0.2, 0) is 9.68 Å². The van der Waals surface area contributed by atoms with Gasteiger partial charge in [0, 0.05) is 19.6 Å². The van der Waals surface area contributed by atoms with Crippen LogP contribution in [0.1, 0.15) is 13.8 Å². The van der Waals surface area contributed by atoms with Crippen LogP contribution in [0.5, 0.6) is 0 Å². The van der Waals surface area contributed by atoms with E-state index in [1.807, 2.05) is 18.7 Å². The topological polar surface area (TPSA) is 71.2 Å². The summed E-state index contributed by atoms with van der Waals surface area (Å²) in [6, 6.07) is 0. The predicted octanol–water partition coefficient (Wildman–Crippen LogP) is -0.598. The first-order valence-corrected chi connectivity index (χ1v) is 5.35. The first kappa shape index (κ1) is 14.8. The summed E-state index contributed by atoms with van der Waals surface area (Å²) in [6.45, 7) is 7.38. The summed E-state index contributed by atoms with van der Waals surface area (Å²) in [5.41, 5.74) is 5.40. The zero-order chi connectivity index (χ0) is 11.5. The van der Waals surface area contributed by atoms with Crippen LogP contribution in [0.25, 0.3) is 0 Å². The highest BCUT2D eigenvalue weighted by Gasteiger charge is 2.07. The van der Waals surface area contributed by atoms with Gasteiger partial charge in [0.1, 0.15) is 0 Å². The van der Waals surface area contributed by atoms with Gasteiger partial charge in [0.25, 0.3) is 0 Å². The normalized spacial score (nSPS) is 11.6. The smallest absolute Gasteiger partial charge is 0.0957 e. The second-order valence-electron chi connectivity index (χ2n) is 2.94. The van der Waals surface area contributed by atoms with Crippen LogP contribution in [0.4, 0.5) is 0 Å². The fourth-order valence-electron chi connectivity index (χ4n) is 1.11. The van der Waals surface area contributed by atoms with Crippen molar-refractivity contribution >= 4 is 0 Å². The summed E-state index contributed by atoms with van der Waals surface area (Å²) < 4.78 is 0. The highest BCUT2D eigenvalue weighted by atomic mass is 16.9. The minimum atomic E-state index is 0.00326. The van der Waals surface area contributed by atoms with Gasteiger partial charge in [-0.3, -0.25) is 14.6 Å². The van der Waals surface area contributed by atoms with E-state index in [1.54, 1.807) is 0 Å². The van der Waals surface area contributed by atoms with Crippen molar-refractivity contribution in [3.8, 4) is 0 Å². The fraction of sp³-hybridized carbons (Fsp3) is 1.00. The zero-order valence-electron chi connectivity index (χ0n) is 9.69. The van der Waals surface area contributed by atoms with Crippen LogP contribution in [0.3, 0.4) is 0 Å². The van der Waals surface area contributed by atoms with Gasteiger partial charge in [-0.15, -0.1) is 0 Å². The van der Waals surface area contributed by atoms with Crippen molar-refractivity contribution in [2.45, 2.75) is 13.8 Å². The fourth-order valence-corrected chi connectivity index (χ4v) is 1.11. The SMILES string of the molecule is CCON(CCN(CO)CCN)OCC. The van der Waals surface area contributed by atoms with Crippen molar-refractivity contribution in [3.63, 3.8) is 0 Å². The molecule has 0 heterocycles. The van der Waals surface area contributed by atoms with E-state index < -0.39 is 0 Å². The second-order valence-corrected chi connectivity index (χ2v) is 2.94. The molecule has 15 heavy (non-hydrogen) atoms. The Labute approximate surface area is 91.4 Å². The van der Waals surface area contributed by atoms with Crippen LogP contribution < -0.4 is 5.73 Å². The Morgan fingerprint density at radius 3 is 2.07 bits per heavy atom. The van der Waals surface area contributed by atoms with E-state index in [0.717, 1.165) is 0 Å². The molecule has 0 saturated heterocycles. The maximum atomic E-state index is 9.00. The summed E-state index contributed by atoms with van der Waals surface area (Å²) >= 11 is 0. The van der Waals surface area contributed by atoms with Gasteiger partial charge in [-0.1, -0.05) is 5.23 Å². The van der Waals surface area contributed by atoms with E-state index in [2.05, 4.69) is 0 Å². The van der Waals surface area contributed by atoms with Crippen LogP contribution in [-0.4, -0.2) is 61.4 Å². The maximum absolute atomic E-state index is 9.00. The largest absolute Gasteiger partial charge is 0.381 e. The van der Waals surface area contributed by atoms with Crippen LogP contribution in [0, 0.1) is 0 Å². The summed E-state index contributed by atoms with van der Waals surface area (Å²) in [7, 11) is 0. The minimum absolute atomic E-state index is 0.00326. The summed E-state index contributed by atoms with van der Waals surface area (Å²) in [6.07, 6.45) is 0. The number of aliphatic hydroxyl groups is 1. The monoisotopic (exact) mass is 221 g/mol. The molecule has 0 aliphatic carbocycles. The molecule has 0 unspecified atom stereocenters. The molecule has 92 valence electrons. The molecular weight excluding hydrogens is 198 g/mol. The first-order valence-electron chi connectivity index (χ1n) is 5.35.